The molecule has 0 bridgehead atoms. The van der Waals surface area contributed by atoms with E-state index in [2.05, 4.69) is 25.3 Å². The van der Waals surface area contributed by atoms with Gasteiger partial charge in [0.2, 0.25) is 5.82 Å². The zero-order chi connectivity index (χ0) is 25.6. The number of hydrogen-bond donors (Lipinski definition) is 1. The first-order chi connectivity index (χ1) is 17.9. The van der Waals surface area contributed by atoms with Gasteiger partial charge in [-0.05, 0) is 35.1 Å². The fourth-order valence-corrected chi connectivity index (χ4v) is 5.56. The molecule has 1 N–H and O–H groups in total. The number of carbonyl (C=O) groups is 1. The summed E-state index contributed by atoms with van der Waals surface area (Å²) in [4.78, 5) is 19.2. The van der Waals surface area contributed by atoms with Crippen molar-refractivity contribution in [3.8, 4) is 16.5 Å². The number of hydrogen-bond acceptors (Lipinski definition) is 8. The molecule has 4 aromatic rings. The number of carboxylic acids is 1. The van der Waals surface area contributed by atoms with E-state index in [1.807, 2.05) is 30.3 Å². The van der Waals surface area contributed by atoms with Crippen LogP contribution in [0, 0.1) is 11.6 Å². The lowest BCUT2D eigenvalue weighted by atomic mass is 9.83. The Kier molecular flexibility index (Phi) is 5.67. The number of fused-ring (bicyclic) bond motifs is 1. The number of halogens is 2. The van der Waals surface area contributed by atoms with Gasteiger partial charge in [0.25, 0.3) is 0 Å². The molecular weight excluding hydrogens is 502 g/mol. The van der Waals surface area contributed by atoms with Crippen LogP contribution in [0.4, 0.5) is 13.9 Å². The fourth-order valence-electron chi connectivity index (χ4n) is 4.67. The van der Waals surface area contributed by atoms with Crippen LogP contribution in [-0.4, -0.2) is 55.0 Å². The molecule has 0 amide bonds. The van der Waals surface area contributed by atoms with Crippen LogP contribution in [-0.2, 0) is 11.3 Å². The normalized spacial score (nSPS) is 16.3. The highest BCUT2D eigenvalue weighted by Gasteiger charge is 2.40. The highest BCUT2D eigenvalue weighted by Crippen LogP contribution is 2.44. The van der Waals surface area contributed by atoms with Gasteiger partial charge < -0.3 is 14.7 Å². The number of anilines is 1. The third kappa shape index (κ3) is 4.44. The summed E-state index contributed by atoms with van der Waals surface area (Å²) in [5.74, 6) is -1.29. The number of piperidine rings is 1. The van der Waals surface area contributed by atoms with E-state index in [4.69, 9.17) is 9.84 Å². The molecule has 4 heterocycles. The van der Waals surface area contributed by atoms with E-state index in [9.17, 15) is 13.6 Å². The second kappa shape index (κ2) is 9.04. The van der Waals surface area contributed by atoms with Crippen molar-refractivity contribution >= 4 is 28.0 Å². The lowest BCUT2D eigenvalue weighted by Gasteiger charge is -2.43. The number of nitrogens with zero attached hydrogens (tertiary/aromatic N) is 6. The van der Waals surface area contributed by atoms with Crippen LogP contribution >= 0.6 is 11.3 Å². The quantitative estimate of drug-likeness (QED) is 0.419. The summed E-state index contributed by atoms with van der Waals surface area (Å²) in [5.41, 5.74) is 1.17. The molecule has 9 nitrogen and oxygen atoms in total. The van der Waals surface area contributed by atoms with Crippen molar-refractivity contribution in [2.75, 3.05) is 18.0 Å². The molecule has 2 aromatic heterocycles. The molecule has 1 saturated heterocycles. The van der Waals surface area contributed by atoms with Gasteiger partial charge in [0.1, 0.15) is 23.0 Å². The van der Waals surface area contributed by atoms with E-state index in [0.29, 0.717) is 53.5 Å². The number of aliphatic carboxylic acids is 1. The minimum atomic E-state index is -1.05. The molecule has 0 atom stereocenters. The van der Waals surface area contributed by atoms with Crippen LogP contribution in [0.3, 0.4) is 0 Å². The SMILES string of the molecule is O=C(O)Cn1nnc(-c2cnc(N3CCC4(C=C(c5ccc(F)cc5F)c5ccccc5O4)CC3)s2)n1. The Hall–Kier alpha value is -4.19. The van der Waals surface area contributed by atoms with Gasteiger partial charge in [0.05, 0.1) is 11.1 Å². The van der Waals surface area contributed by atoms with Crippen molar-refractivity contribution < 1.29 is 23.4 Å². The molecule has 37 heavy (non-hydrogen) atoms. The molecule has 188 valence electrons. The van der Waals surface area contributed by atoms with E-state index >= 15 is 0 Å². The first-order valence-corrected chi connectivity index (χ1v) is 12.4. The minimum absolute atomic E-state index is 0.319. The van der Waals surface area contributed by atoms with Crippen LogP contribution in [0.15, 0.2) is 54.7 Å². The first kappa shape index (κ1) is 23.2. The molecular formula is C25H20F2N6O3S. The predicted molar refractivity (Wildman–Crippen MR) is 131 cm³/mol. The minimum Gasteiger partial charge on any atom is -0.482 e. The Balaban J connectivity index is 1.24. The van der Waals surface area contributed by atoms with Gasteiger partial charge in [-0.2, -0.15) is 4.80 Å². The lowest BCUT2D eigenvalue weighted by Crippen LogP contribution is -2.48. The average molecular weight is 523 g/mol. The van der Waals surface area contributed by atoms with Gasteiger partial charge in [-0.3, -0.25) is 4.79 Å². The largest absolute Gasteiger partial charge is 0.482 e. The maximum atomic E-state index is 14.8. The Morgan fingerprint density at radius 1 is 1.14 bits per heavy atom. The summed E-state index contributed by atoms with van der Waals surface area (Å²) in [7, 11) is 0. The third-order valence-corrected chi connectivity index (χ3v) is 7.50. The number of rotatable bonds is 5. The van der Waals surface area contributed by atoms with Crippen LogP contribution in [0.25, 0.3) is 16.3 Å². The number of para-hydroxylation sites is 1. The highest BCUT2D eigenvalue weighted by atomic mass is 32.1. The standard InChI is InChI=1S/C25H20F2N6O3S/c26-15-5-6-16(19(27)11-15)18-12-25(36-20-4-2-1-3-17(18)20)7-9-32(10-8-25)24-28-13-21(37-24)23-29-31-33(30-23)14-22(34)35/h1-6,11-13H,7-10,14H2,(H,34,35). The average Bonchev–Trinajstić information content (AvgIpc) is 3.54. The zero-order valence-corrected chi connectivity index (χ0v) is 20.2. The molecule has 0 aliphatic carbocycles. The smallest absolute Gasteiger partial charge is 0.327 e. The van der Waals surface area contributed by atoms with Gasteiger partial charge in [-0.15, -0.1) is 10.2 Å². The lowest BCUT2D eigenvalue weighted by molar-refractivity contribution is -0.138. The van der Waals surface area contributed by atoms with Crippen LogP contribution in [0.1, 0.15) is 24.0 Å². The third-order valence-electron chi connectivity index (χ3n) is 6.44. The van der Waals surface area contributed by atoms with Crippen molar-refractivity contribution in [3.63, 3.8) is 0 Å². The van der Waals surface area contributed by atoms with Gasteiger partial charge in [-0.1, -0.05) is 29.5 Å². The Morgan fingerprint density at radius 2 is 1.95 bits per heavy atom. The van der Waals surface area contributed by atoms with Gasteiger partial charge in [-0.25, -0.2) is 13.8 Å². The van der Waals surface area contributed by atoms with Gasteiger partial charge in [0.15, 0.2) is 11.7 Å². The molecule has 1 spiro atoms. The molecule has 0 saturated carbocycles. The molecule has 2 aromatic carbocycles. The fraction of sp³-hybridized carbons (Fsp3) is 0.240. The second-order valence-corrected chi connectivity index (χ2v) is 9.89. The summed E-state index contributed by atoms with van der Waals surface area (Å²) in [6.45, 7) is 0.918. The van der Waals surface area contributed by atoms with Crippen LogP contribution in [0.5, 0.6) is 5.75 Å². The monoisotopic (exact) mass is 522 g/mol. The first-order valence-electron chi connectivity index (χ1n) is 11.6. The van der Waals surface area contributed by atoms with E-state index in [1.54, 1.807) is 6.20 Å². The second-order valence-electron chi connectivity index (χ2n) is 8.88. The topological polar surface area (TPSA) is 106 Å². The summed E-state index contributed by atoms with van der Waals surface area (Å²) < 4.78 is 34.9. The van der Waals surface area contributed by atoms with Gasteiger partial charge >= 0.3 is 5.97 Å². The maximum absolute atomic E-state index is 14.8. The van der Waals surface area contributed by atoms with Crippen molar-refractivity contribution in [1.29, 1.82) is 0 Å². The molecule has 2 aliphatic heterocycles. The zero-order valence-electron chi connectivity index (χ0n) is 19.3. The summed E-state index contributed by atoms with van der Waals surface area (Å²) >= 11 is 1.40. The molecule has 12 heteroatoms. The van der Waals surface area contributed by atoms with E-state index in [1.165, 1.54) is 23.5 Å². The highest BCUT2D eigenvalue weighted by molar-refractivity contribution is 7.18. The summed E-state index contributed by atoms with van der Waals surface area (Å²) in [5, 5.41) is 21.5. The van der Waals surface area contributed by atoms with Crippen LogP contribution < -0.4 is 9.64 Å². The molecule has 2 aliphatic rings. The van der Waals surface area contributed by atoms with E-state index in [-0.39, 0.29) is 6.54 Å². The number of carboxylic acid groups (broad SMARTS) is 1. The molecule has 0 radical (unpaired) electrons. The summed E-state index contributed by atoms with van der Waals surface area (Å²) in [6, 6.07) is 11.1. The summed E-state index contributed by atoms with van der Waals surface area (Å²) in [6.07, 6.45) is 4.89. The number of thiazole rings is 1. The van der Waals surface area contributed by atoms with E-state index < -0.39 is 23.2 Å². The number of tetrazole rings is 1. The Morgan fingerprint density at radius 3 is 2.73 bits per heavy atom. The number of aromatic nitrogens is 5. The molecule has 6 rings (SSSR count). The van der Waals surface area contributed by atoms with Crippen molar-refractivity contribution in [3.05, 3.63) is 77.5 Å². The number of benzene rings is 2. The molecule has 0 unspecified atom stereocenters. The van der Waals surface area contributed by atoms with Crippen molar-refractivity contribution in [1.82, 2.24) is 25.2 Å². The maximum Gasteiger partial charge on any atom is 0.327 e. The van der Waals surface area contributed by atoms with Crippen molar-refractivity contribution in [2.45, 2.75) is 25.0 Å². The van der Waals surface area contributed by atoms with E-state index in [0.717, 1.165) is 21.6 Å². The van der Waals surface area contributed by atoms with Crippen molar-refractivity contribution in [2.24, 2.45) is 0 Å². The Bertz CT molecular complexity index is 1530. The van der Waals surface area contributed by atoms with Crippen LogP contribution in [0.2, 0.25) is 0 Å². The number of ether oxygens (including phenoxy) is 1. The molecule has 1 fully saturated rings. The Labute approximate surface area is 213 Å². The van der Waals surface area contributed by atoms with Gasteiger partial charge in [0, 0.05) is 43.1 Å². The predicted octanol–water partition coefficient (Wildman–Crippen LogP) is 4.02.